The number of thioether (sulfide) groups is 1. The van der Waals surface area contributed by atoms with Crippen LogP contribution in [0, 0.1) is 5.92 Å². The summed E-state index contributed by atoms with van der Waals surface area (Å²) in [6.07, 6.45) is 6.68. The van der Waals surface area contributed by atoms with Gasteiger partial charge in [0.25, 0.3) is 0 Å². The van der Waals surface area contributed by atoms with E-state index in [-0.39, 0.29) is 5.97 Å². The SMILES string of the molecule is CCOC(=O)/C(=C/C1CCOCC1)c1ccc(SC2CC2)cc1. The number of hydrogen-bond donors (Lipinski definition) is 0. The number of carbonyl (C=O) groups excluding carboxylic acids is 1. The van der Waals surface area contributed by atoms with Crippen molar-refractivity contribution in [2.45, 2.75) is 42.8 Å². The molecule has 1 heterocycles. The Balaban J connectivity index is 1.78. The highest BCUT2D eigenvalue weighted by Gasteiger charge is 2.23. The molecule has 1 aromatic carbocycles. The van der Waals surface area contributed by atoms with E-state index in [1.807, 2.05) is 30.8 Å². The average Bonchev–Trinajstić information content (AvgIpc) is 3.39. The molecular weight excluding hydrogens is 308 g/mol. The standard InChI is InChI=1S/C19H24O3S/c1-2-22-19(20)18(13-14-9-11-21-12-10-14)15-3-5-16(6-4-15)23-17-7-8-17/h3-6,13-14,17H,2,7-12H2,1H3/b18-13+. The van der Waals surface area contributed by atoms with Crippen molar-refractivity contribution in [3.05, 3.63) is 35.9 Å². The lowest BCUT2D eigenvalue weighted by atomic mass is 9.94. The van der Waals surface area contributed by atoms with E-state index in [2.05, 4.69) is 18.2 Å². The molecule has 0 N–H and O–H groups in total. The summed E-state index contributed by atoms with van der Waals surface area (Å²) in [5.74, 6) is 0.172. The van der Waals surface area contributed by atoms with Crippen LogP contribution in [-0.2, 0) is 14.3 Å². The van der Waals surface area contributed by atoms with E-state index < -0.39 is 0 Å². The van der Waals surface area contributed by atoms with Crippen LogP contribution in [0.4, 0.5) is 0 Å². The van der Waals surface area contributed by atoms with Gasteiger partial charge in [0, 0.05) is 23.4 Å². The summed E-state index contributed by atoms with van der Waals surface area (Å²) in [6, 6.07) is 8.34. The Hall–Kier alpha value is -1.26. The summed E-state index contributed by atoms with van der Waals surface area (Å²) < 4.78 is 10.7. The van der Waals surface area contributed by atoms with E-state index >= 15 is 0 Å². The molecule has 4 heteroatoms. The molecule has 1 aliphatic carbocycles. The van der Waals surface area contributed by atoms with Crippen molar-refractivity contribution in [1.29, 1.82) is 0 Å². The largest absolute Gasteiger partial charge is 0.462 e. The summed E-state index contributed by atoms with van der Waals surface area (Å²) in [5.41, 5.74) is 1.65. The van der Waals surface area contributed by atoms with Crippen molar-refractivity contribution < 1.29 is 14.3 Å². The third-order valence-corrected chi connectivity index (χ3v) is 5.51. The van der Waals surface area contributed by atoms with Crippen molar-refractivity contribution in [3.8, 4) is 0 Å². The molecule has 0 atom stereocenters. The molecule has 3 rings (SSSR count). The van der Waals surface area contributed by atoms with Gasteiger partial charge in [-0.15, -0.1) is 11.8 Å². The highest BCUT2D eigenvalue weighted by Crippen LogP contribution is 2.39. The van der Waals surface area contributed by atoms with Crippen molar-refractivity contribution in [1.82, 2.24) is 0 Å². The molecule has 0 unspecified atom stereocenters. The van der Waals surface area contributed by atoms with Gasteiger partial charge in [0.05, 0.1) is 12.2 Å². The second-order valence-electron chi connectivity index (χ2n) is 6.09. The fourth-order valence-corrected chi connectivity index (χ4v) is 3.75. The maximum absolute atomic E-state index is 12.4. The summed E-state index contributed by atoms with van der Waals surface area (Å²) in [7, 11) is 0. The van der Waals surface area contributed by atoms with Crippen LogP contribution in [0.1, 0.15) is 38.2 Å². The minimum absolute atomic E-state index is 0.221. The van der Waals surface area contributed by atoms with E-state index in [1.54, 1.807) is 0 Å². The van der Waals surface area contributed by atoms with Crippen molar-refractivity contribution >= 4 is 23.3 Å². The molecule has 2 aliphatic rings. The quantitative estimate of drug-likeness (QED) is 0.574. The maximum Gasteiger partial charge on any atom is 0.338 e. The van der Waals surface area contributed by atoms with Gasteiger partial charge in [0.15, 0.2) is 0 Å². The zero-order chi connectivity index (χ0) is 16.1. The zero-order valence-electron chi connectivity index (χ0n) is 13.6. The normalized spacial score (nSPS) is 19.6. The average molecular weight is 332 g/mol. The molecule has 0 radical (unpaired) electrons. The first-order valence-corrected chi connectivity index (χ1v) is 9.38. The highest BCUT2D eigenvalue weighted by atomic mass is 32.2. The number of benzene rings is 1. The van der Waals surface area contributed by atoms with Crippen molar-refractivity contribution in [2.24, 2.45) is 5.92 Å². The third-order valence-electron chi connectivity index (χ3n) is 4.16. The van der Waals surface area contributed by atoms with Gasteiger partial charge in [-0.25, -0.2) is 4.79 Å². The second-order valence-corrected chi connectivity index (χ2v) is 7.47. The molecule has 1 aliphatic heterocycles. The second kappa shape index (κ2) is 8.02. The van der Waals surface area contributed by atoms with E-state index in [1.165, 1.54) is 17.7 Å². The number of carbonyl (C=O) groups is 1. The molecule has 1 saturated carbocycles. The van der Waals surface area contributed by atoms with Gasteiger partial charge in [0.2, 0.25) is 0 Å². The fraction of sp³-hybridized carbons (Fsp3) is 0.526. The first kappa shape index (κ1) is 16.6. The van der Waals surface area contributed by atoms with Gasteiger partial charge in [-0.05, 0) is 56.2 Å². The Morgan fingerprint density at radius 3 is 2.52 bits per heavy atom. The third kappa shape index (κ3) is 4.85. The van der Waals surface area contributed by atoms with E-state index in [4.69, 9.17) is 9.47 Å². The molecule has 1 aromatic rings. The number of hydrogen-bond acceptors (Lipinski definition) is 4. The number of esters is 1. The van der Waals surface area contributed by atoms with Gasteiger partial charge >= 0.3 is 5.97 Å². The van der Waals surface area contributed by atoms with Gasteiger partial charge in [0.1, 0.15) is 0 Å². The minimum atomic E-state index is -0.221. The predicted octanol–water partition coefficient (Wildman–Crippen LogP) is 4.31. The van der Waals surface area contributed by atoms with Crippen LogP contribution >= 0.6 is 11.8 Å². The van der Waals surface area contributed by atoms with Gasteiger partial charge < -0.3 is 9.47 Å². The fourth-order valence-electron chi connectivity index (χ4n) is 2.70. The van der Waals surface area contributed by atoms with E-state index in [0.717, 1.165) is 36.9 Å². The molecule has 23 heavy (non-hydrogen) atoms. The lowest BCUT2D eigenvalue weighted by Gasteiger charge is -2.20. The molecule has 3 nitrogen and oxygen atoms in total. The minimum Gasteiger partial charge on any atom is -0.462 e. The van der Waals surface area contributed by atoms with Gasteiger partial charge in [-0.3, -0.25) is 0 Å². The Kier molecular flexibility index (Phi) is 5.79. The summed E-state index contributed by atoms with van der Waals surface area (Å²) in [4.78, 5) is 13.6. The van der Waals surface area contributed by atoms with Crippen LogP contribution in [0.5, 0.6) is 0 Å². The van der Waals surface area contributed by atoms with Crippen molar-refractivity contribution in [3.63, 3.8) is 0 Å². The number of ether oxygens (including phenoxy) is 2. The molecule has 0 spiro atoms. The van der Waals surface area contributed by atoms with Gasteiger partial charge in [-0.1, -0.05) is 18.2 Å². The summed E-state index contributed by atoms with van der Waals surface area (Å²) in [5, 5.41) is 0.795. The first-order chi connectivity index (χ1) is 11.3. The molecular formula is C19H24O3S. The van der Waals surface area contributed by atoms with Crippen LogP contribution in [-0.4, -0.2) is 31.0 Å². The van der Waals surface area contributed by atoms with E-state index in [9.17, 15) is 4.79 Å². The summed E-state index contributed by atoms with van der Waals surface area (Å²) >= 11 is 1.93. The number of allylic oxidation sites excluding steroid dienone is 1. The monoisotopic (exact) mass is 332 g/mol. The van der Waals surface area contributed by atoms with E-state index in [0.29, 0.717) is 18.1 Å². The molecule has 0 bridgehead atoms. The zero-order valence-corrected chi connectivity index (χ0v) is 14.4. The lowest BCUT2D eigenvalue weighted by molar-refractivity contribution is -0.136. The molecule has 2 fully saturated rings. The lowest BCUT2D eigenvalue weighted by Crippen LogP contribution is -2.16. The summed E-state index contributed by atoms with van der Waals surface area (Å²) in [6.45, 7) is 3.79. The Morgan fingerprint density at radius 2 is 1.91 bits per heavy atom. The van der Waals surface area contributed by atoms with Crippen LogP contribution in [0.25, 0.3) is 5.57 Å². The smallest absolute Gasteiger partial charge is 0.338 e. The van der Waals surface area contributed by atoms with Crippen molar-refractivity contribution in [2.75, 3.05) is 19.8 Å². The van der Waals surface area contributed by atoms with Crippen LogP contribution in [0.2, 0.25) is 0 Å². The Morgan fingerprint density at radius 1 is 1.22 bits per heavy atom. The predicted molar refractivity (Wildman–Crippen MR) is 93.5 cm³/mol. The highest BCUT2D eigenvalue weighted by molar-refractivity contribution is 8.00. The molecule has 1 saturated heterocycles. The Labute approximate surface area is 142 Å². The molecule has 0 amide bonds. The number of rotatable bonds is 6. The topological polar surface area (TPSA) is 35.5 Å². The van der Waals surface area contributed by atoms with Crippen LogP contribution in [0.3, 0.4) is 0 Å². The molecule has 0 aromatic heterocycles. The Bertz CT molecular complexity index is 554. The molecule has 124 valence electrons. The van der Waals surface area contributed by atoms with Gasteiger partial charge in [-0.2, -0.15) is 0 Å². The van der Waals surface area contributed by atoms with Crippen LogP contribution < -0.4 is 0 Å². The van der Waals surface area contributed by atoms with Crippen LogP contribution in [0.15, 0.2) is 35.2 Å². The first-order valence-electron chi connectivity index (χ1n) is 8.50. The maximum atomic E-state index is 12.4.